The lowest BCUT2D eigenvalue weighted by Crippen LogP contribution is -2.36. The lowest BCUT2D eigenvalue weighted by molar-refractivity contribution is 0.280. The minimum absolute atomic E-state index is 0.207. The van der Waals surface area contributed by atoms with Crippen LogP contribution in [0.5, 0.6) is 5.75 Å². The van der Waals surface area contributed by atoms with Gasteiger partial charge in [-0.05, 0) is 37.0 Å². The van der Waals surface area contributed by atoms with Crippen LogP contribution >= 0.6 is 11.8 Å². The fourth-order valence-corrected chi connectivity index (χ4v) is 4.51. The van der Waals surface area contributed by atoms with Gasteiger partial charge in [0.05, 0.1) is 12.6 Å². The van der Waals surface area contributed by atoms with Crippen LogP contribution in [-0.4, -0.2) is 17.6 Å². The minimum atomic E-state index is 0.207. The first kappa shape index (κ1) is 13.3. The topological polar surface area (TPSA) is 47.3 Å². The summed E-state index contributed by atoms with van der Waals surface area (Å²) in [4.78, 5) is 0. The third-order valence-electron chi connectivity index (χ3n) is 4.07. The molecule has 1 aromatic rings. The van der Waals surface area contributed by atoms with Crippen molar-refractivity contribution in [1.29, 1.82) is 0 Å². The normalized spacial score (nSPS) is 24.4. The number of nitrogens with two attached hydrogens (primary N) is 1. The number of thioether (sulfide) groups is 1. The zero-order valence-electron chi connectivity index (χ0n) is 11.2. The Balaban J connectivity index is 1.90. The molecule has 0 aliphatic carbocycles. The van der Waals surface area contributed by atoms with Gasteiger partial charge in [0, 0.05) is 10.8 Å². The van der Waals surface area contributed by atoms with Crippen LogP contribution in [0.2, 0.25) is 0 Å². The molecule has 0 radical (unpaired) electrons. The van der Waals surface area contributed by atoms with E-state index in [-0.39, 0.29) is 6.04 Å². The molecule has 1 aromatic carbocycles. The molecule has 2 aliphatic heterocycles. The molecule has 2 aliphatic rings. The summed E-state index contributed by atoms with van der Waals surface area (Å²) in [5.41, 5.74) is 5.62. The van der Waals surface area contributed by atoms with Crippen LogP contribution in [0, 0.1) is 0 Å². The summed E-state index contributed by atoms with van der Waals surface area (Å²) < 4.78 is 5.92. The summed E-state index contributed by atoms with van der Waals surface area (Å²) in [5, 5.41) is 0.566. The fourth-order valence-electron chi connectivity index (χ4n) is 3.09. The van der Waals surface area contributed by atoms with E-state index >= 15 is 0 Å². The highest BCUT2D eigenvalue weighted by Crippen LogP contribution is 2.40. The smallest absolute Gasteiger partial charge is 0.127 e. The summed E-state index contributed by atoms with van der Waals surface area (Å²) in [7, 11) is 0. The molecule has 0 spiro atoms. The second-order valence-corrected chi connectivity index (χ2v) is 6.68. The predicted octanol–water partition coefficient (Wildman–Crippen LogP) is 2.80. The van der Waals surface area contributed by atoms with Gasteiger partial charge in [0.15, 0.2) is 0 Å². The van der Waals surface area contributed by atoms with Crippen LogP contribution in [0.4, 0.5) is 0 Å². The highest BCUT2D eigenvalue weighted by molar-refractivity contribution is 8.00. The third-order valence-corrected chi connectivity index (χ3v) is 5.53. The molecule has 2 unspecified atom stereocenters. The summed E-state index contributed by atoms with van der Waals surface area (Å²) in [6.45, 7) is 0.832. The lowest BCUT2D eigenvalue weighted by atomic mass is 9.94. The van der Waals surface area contributed by atoms with Gasteiger partial charge < -0.3 is 4.74 Å². The minimum Gasteiger partial charge on any atom is -0.493 e. The van der Waals surface area contributed by atoms with E-state index < -0.39 is 0 Å². The highest BCUT2D eigenvalue weighted by Gasteiger charge is 2.28. The first-order chi connectivity index (χ1) is 9.40. The largest absolute Gasteiger partial charge is 0.493 e. The fraction of sp³-hybridized carbons (Fsp3) is 0.600. The van der Waals surface area contributed by atoms with E-state index in [9.17, 15) is 0 Å². The number of fused-ring (bicyclic) bond motifs is 1. The maximum atomic E-state index is 5.92. The van der Waals surface area contributed by atoms with Gasteiger partial charge in [0.25, 0.3) is 0 Å². The van der Waals surface area contributed by atoms with Gasteiger partial charge in [-0.25, -0.2) is 0 Å². The molecule has 3 nitrogen and oxygen atoms in total. The van der Waals surface area contributed by atoms with Gasteiger partial charge >= 0.3 is 0 Å². The van der Waals surface area contributed by atoms with Crippen molar-refractivity contribution in [3.8, 4) is 5.75 Å². The number of para-hydroxylation sites is 1. The first-order valence-corrected chi connectivity index (χ1v) is 8.27. The van der Waals surface area contributed by atoms with Crippen molar-refractivity contribution in [3.63, 3.8) is 0 Å². The number of hydrazine groups is 1. The number of benzene rings is 1. The van der Waals surface area contributed by atoms with Crippen LogP contribution in [0.3, 0.4) is 0 Å². The maximum Gasteiger partial charge on any atom is 0.127 e. The number of hydrogen-bond donors (Lipinski definition) is 2. The second kappa shape index (κ2) is 6.16. The quantitative estimate of drug-likeness (QED) is 0.659. The van der Waals surface area contributed by atoms with Gasteiger partial charge in [-0.3, -0.25) is 11.3 Å². The molecule has 19 heavy (non-hydrogen) atoms. The lowest BCUT2D eigenvalue weighted by Gasteiger charge is -2.32. The zero-order valence-corrected chi connectivity index (χ0v) is 12.0. The molecule has 3 N–H and O–H groups in total. The van der Waals surface area contributed by atoms with E-state index in [1.165, 1.54) is 36.1 Å². The van der Waals surface area contributed by atoms with Crippen LogP contribution in [0.15, 0.2) is 18.2 Å². The Morgan fingerprint density at radius 1 is 1.32 bits per heavy atom. The average molecular weight is 278 g/mol. The molecule has 0 saturated carbocycles. The van der Waals surface area contributed by atoms with Crippen molar-refractivity contribution in [3.05, 3.63) is 29.3 Å². The zero-order chi connectivity index (χ0) is 13.1. The molecule has 1 saturated heterocycles. The molecule has 0 aromatic heterocycles. The van der Waals surface area contributed by atoms with Crippen molar-refractivity contribution in [2.24, 2.45) is 5.84 Å². The number of nitrogens with one attached hydrogen (secondary N) is 1. The van der Waals surface area contributed by atoms with E-state index in [1.54, 1.807) is 0 Å². The summed E-state index contributed by atoms with van der Waals surface area (Å²) in [6, 6.07) is 6.70. The van der Waals surface area contributed by atoms with E-state index in [1.807, 2.05) is 11.8 Å². The van der Waals surface area contributed by atoms with Gasteiger partial charge in [-0.2, -0.15) is 11.8 Å². The predicted molar refractivity (Wildman–Crippen MR) is 80.4 cm³/mol. The van der Waals surface area contributed by atoms with Crippen LogP contribution in [0.25, 0.3) is 0 Å². The van der Waals surface area contributed by atoms with Crippen molar-refractivity contribution >= 4 is 11.8 Å². The van der Waals surface area contributed by atoms with Crippen LogP contribution < -0.4 is 16.0 Å². The SMILES string of the molecule is NNC(c1cccc2c1OCCC2)C1CCCCS1. The van der Waals surface area contributed by atoms with Gasteiger partial charge in [-0.15, -0.1) is 0 Å². The Morgan fingerprint density at radius 2 is 2.26 bits per heavy atom. The third kappa shape index (κ3) is 2.76. The molecule has 1 fully saturated rings. The first-order valence-electron chi connectivity index (χ1n) is 7.22. The molecular formula is C15H22N2OS. The number of hydrogen-bond acceptors (Lipinski definition) is 4. The molecule has 2 atom stereocenters. The monoisotopic (exact) mass is 278 g/mol. The van der Waals surface area contributed by atoms with Crippen LogP contribution in [0.1, 0.15) is 42.9 Å². The molecule has 4 heteroatoms. The summed E-state index contributed by atoms with van der Waals surface area (Å²) in [6.07, 6.45) is 6.13. The summed E-state index contributed by atoms with van der Waals surface area (Å²) >= 11 is 2.04. The Morgan fingerprint density at radius 3 is 3.05 bits per heavy atom. The molecule has 0 bridgehead atoms. The van der Waals surface area contributed by atoms with Gasteiger partial charge in [0.1, 0.15) is 5.75 Å². The Hall–Kier alpha value is -0.710. The Kier molecular flexibility index (Phi) is 4.31. The van der Waals surface area contributed by atoms with Gasteiger partial charge in [0.2, 0.25) is 0 Å². The number of rotatable bonds is 3. The molecule has 0 amide bonds. The molecule has 2 heterocycles. The van der Waals surface area contributed by atoms with Crippen molar-refractivity contribution in [2.45, 2.75) is 43.4 Å². The number of aryl methyl sites for hydroxylation is 1. The van der Waals surface area contributed by atoms with E-state index in [0.717, 1.165) is 25.2 Å². The van der Waals surface area contributed by atoms with E-state index in [2.05, 4.69) is 23.6 Å². The summed E-state index contributed by atoms with van der Waals surface area (Å²) in [5.74, 6) is 8.18. The molecular weight excluding hydrogens is 256 g/mol. The van der Waals surface area contributed by atoms with Crippen molar-refractivity contribution in [2.75, 3.05) is 12.4 Å². The average Bonchev–Trinajstić information content (AvgIpc) is 2.49. The maximum absolute atomic E-state index is 5.92. The van der Waals surface area contributed by atoms with Crippen molar-refractivity contribution in [1.82, 2.24) is 5.43 Å². The standard InChI is InChI=1S/C15H22N2OS/c16-17-14(13-8-1-2-10-19-13)12-7-3-5-11-6-4-9-18-15(11)12/h3,5,7,13-14,17H,1-2,4,6,8-10,16H2. The second-order valence-electron chi connectivity index (χ2n) is 5.34. The van der Waals surface area contributed by atoms with E-state index in [0.29, 0.717) is 5.25 Å². The molecule has 104 valence electrons. The Bertz CT molecular complexity index is 432. The van der Waals surface area contributed by atoms with Crippen LogP contribution in [-0.2, 0) is 6.42 Å². The number of ether oxygens (including phenoxy) is 1. The highest BCUT2D eigenvalue weighted by atomic mass is 32.2. The van der Waals surface area contributed by atoms with Crippen molar-refractivity contribution < 1.29 is 4.74 Å². The van der Waals surface area contributed by atoms with E-state index in [4.69, 9.17) is 10.6 Å². The van der Waals surface area contributed by atoms with Gasteiger partial charge in [-0.1, -0.05) is 24.6 Å². The molecule has 3 rings (SSSR count). The Labute approximate surface area is 119 Å².